The lowest BCUT2D eigenvalue weighted by molar-refractivity contribution is -0.310. The number of thioether (sulfide) groups is 1. The van der Waals surface area contributed by atoms with Gasteiger partial charge in [-0.2, -0.15) is 0 Å². The Kier molecular flexibility index (Phi) is 6.56. The predicted octanol–water partition coefficient (Wildman–Crippen LogP) is 2.27. The number of benzene rings is 2. The Bertz CT molecular complexity index is 974. The second-order valence-electron chi connectivity index (χ2n) is 6.19. The number of carbonyl (C=O) groups is 2. The Morgan fingerprint density at radius 3 is 2.48 bits per heavy atom. The average Bonchev–Trinajstić information content (AvgIpc) is 2.99. The van der Waals surface area contributed by atoms with Crippen molar-refractivity contribution in [2.45, 2.75) is 12.5 Å². The van der Waals surface area contributed by atoms with E-state index in [0.717, 1.165) is 22.2 Å². The molecule has 0 radical (unpaired) electrons. The van der Waals surface area contributed by atoms with E-state index in [-0.39, 0.29) is 10.7 Å². The van der Waals surface area contributed by atoms with Crippen LogP contribution in [0.25, 0.3) is 6.08 Å². The number of carboxylic acid groups (broad SMARTS) is 1. The summed E-state index contributed by atoms with van der Waals surface area (Å²) < 4.78 is 10.7. The first-order valence-electron chi connectivity index (χ1n) is 8.68. The minimum Gasteiger partial charge on any atom is -0.548 e. The molecule has 6 nitrogen and oxygen atoms in total. The summed E-state index contributed by atoms with van der Waals surface area (Å²) in [5, 5.41) is 11.8. The van der Waals surface area contributed by atoms with E-state index in [1.54, 1.807) is 36.4 Å². The first-order valence-corrected chi connectivity index (χ1v) is 9.91. The molecule has 1 fully saturated rings. The zero-order chi connectivity index (χ0) is 21.0. The Balaban J connectivity index is 1.88. The Hall–Kier alpha value is -2.84. The molecule has 8 heteroatoms. The van der Waals surface area contributed by atoms with Gasteiger partial charge in [-0.1, -0.05) is 60.4 Å². The van der Waals surface area contributed by atoms with Gasteiger partial charge in [0.05, 0.1) is 31.1 Å². The van der Waals surface area contributed by atoms with Crippen LogP contribution in [0.2, 0.25) is 0 Å². The molecular weight excluding hydrogens is 410 g/mol. The number of thiocarbonyl (C=S) groups is 1. The smallest absolute Gasteiger partial charge is 0.266 e. The third-order valence-corrected chi connectivity index (χ3v) is 5.71. The average molecular weight is 429 g/mol. The largest absolute Gasteiger partial charge is 0.548 e. The molecule has 0 N–H and O–H groups in total. The fraction of sp³-hybridized carbons (Fsp3) is 0.190. The zero-order valence-corrected chi connectivity index (χ0v) is 17.4. The normalized spacial score (nSPS) is 16.2. The van der Waals surface area contributed by atoms with Crippen molar-refractivity contribution in [3.8, 4) is 11.5 Å². The van der Waals surface area contributed by atoms with Crippen LogP contribution < -0.4 is 14.6 Å². The third kappa shape index (κ3) is 4.60. The first-order chi connectivity index (χ1) is 13.9. The van der Waals surface area contributed by atoms with Crippen molar-refractivity contribution in [2.75, 3.05) is 14.2 Å². The van der Waals surface area contributed by atoms with Gasteiger partial charge in [0.2, 0.25) is 0 Å². The Labute approximate surface area is 178 Å². The number of rotatable bonds is 7. The van der Waals surface area contributed by atoms with E-state index in [9.17, 15) is 14.7 Å². The molecule has 1 aliphatic rings. The lowest BCUT2D eigenvalue weighted by Gasteiger charge is -2.27. The molecule has 29 heavy (non-hydrogen) atoms. The van der Waals surface area contributed by atoms with Gasteiger partial charge in [-0.05, 0) is 35.8 Å². The molecule has 150 valence electrons. The quantitative estimate of drug-likeness (QED) is 0.494. The molecule has 0 saturated carbocycles. The molecule has 1 amide bonds. The molecule has 2 aromatic carbocycles. The molecule has 1 aliphatic heterocycles. The van der Waals surface area contributed by atoms with Crippen LogP contribution >= 0.6 is 24.0 Å². The second kappa shape index (κ2) is 9.11. The molecule has 1 heterocycles. The van der Waals surface area contributed by atoms with Gasteiger partial charge in [0.15, 0.2) is 11.5 Å². The number of carbonyl (C=O) groups excluding carboxylic acids is 2. The number of methoxy groups -OCH3 is 2. The van der Waals surface area contributed by atoms with E-state index in [1.807, 2.05) is 18.2 Å². The SMILES string of the molecule is COc1ccc(/C=C2/SC(=S)N([C@@H](Cc3ccccc3)C(=O)[O-])C2=O)cc1OC. The van der Waals surface area contributed by atoms with Gasteiger partial charge in [-0.25, -0.2) is 0 Å². The number of carboxylic acids is 1. The minimum absolute atomic E-state index is 0.110. The van der Waals surface area contributed by atoms with E-state index in [0.29, 0.717) is 22.0 Å². The van der Waals surface area contributed by atoms with Gasteiger partial charge in [-0.3, -0.25) is 9.69 Å². The van der Waals surface area contributed by atoms with Crippen LogP contribution in [-0.4, -0.2) is 41.4 Å². The zero-order valence-electron chi connectivity index (χ0n) is 15.8. The summed E-state index contributed by atoms with van der Waals surface area (Å²) in [5.41, 5.74) is 1.48. The number of hydrogen-bond acceptors (Lipinski definition) is 7. The van der Waals surface area contributed by atoms with Crippen molar-refractivity contribution < 1.29 is 24.2 Å². The highest BCUT2D eigenvalue weighted by Gasteiger charge is 2.37. The summed E-state index contributed by atoms with van der Waals surface area (Å²) in [4.78, 5) is 26.2. The van der Waals surface area contributed by atoms with Crippen LogP contribution in [0.3, 0.4) is 0 Å². The molecule has 0 unspecified atom stereocenters. The monoisotopic (exact) mass is 428 g/mol. The van der Waals surface area contributed by atoms with Crippen LogP contribution in [0.4, 0.5) is 0 Å². The van der Waals surface area contributed by atoms with Gasteiger partial charge < -0.3 is 19.4 Å². The number of amides is 1. The van der Waals surface area contributed by atoms with Crippen molar-refractivity contribution in [3.05, 3.63) is 64.6 Å². The van der Waals surface area contributed by atoms with Crippen LogP contribution in [0.1, 0.15) is 11.1 Å². The van der Waals surface area contributed by atoms with Crippen LogP contribution in [0.5, 0.6) is 11.5 Å². The molecule has 0 aliphatic carbocycles. The molecular formula is C21H18NO5S2-. The van der Waals surface area contributed by atoms with Crippen molar-refractivity contribution in [1.82, 2.24) is 4.90 Å². The lowest BCUT2D eigenvalue weighted by atomic mass is 10.0. The fourth-order valence-corrected chi connectivity index (χ4v) is 4.32. The van der Waals surface area contributed by atoms with Crippen molar-refractivity contribution in [3.63, 3.8) is 0 Å². The maximum atomic E-state index is 12.9. The summed E-state index contributed by atoms with van der Waals surface area (Å²) in [7, 11) is 3.06. The highest BCUT2D eigenvalue weighted by Crippen LogP contribution is 2.36. The Morgan fingerprint density at radius 1 is 1.17 bits per heavy atom. The van der Waals surface area contributed by atoms with Gasteiger partial charge >= 0.3 is 0 Å². The van der Waals surface area contributed by atoms with Gasteiger partial charge in [0.25, 0.3) is 5.91 Å². The molecule has 0 spiro atoms. The first kappa shape index (κ1) is 20.9. The van der Waals surface area contributed by atoms with E-state index in [2.05, 4.69) is 0 Å². The van der Waals surface area contributed by atoms with Crippen LogP contribution in [0, 0.1) is 0 Å². The standard InChI is InChI=1S/C21H19NO5S2/c1-26-16-9-8-14(11-17(16)27-2)12-18-19(23)22(21(28)29-18)15(20(24)25)10-13-6-4-3-5-7-13/h3-9,11-12,15H,10H2,1-2H3,(H,24,25)/p-1/b18-12+/t15-/m0/s1. The highest BCUT2D eigenvalue weighted by atomic mass is 32.2. The molecule has 1 atom stereocenters. The topological polar surface area (TPSA) is 78.9 Å². The summed E-state index contributed by atoms with van der Waals surface area (Å²) in [6.45, 7) is 0. The number of aliphatic carboxylic acids is 1. The van der Waals surface area contributed by atoms with E-state index in [4.69, 9.17) is 21.7 Å². The predicted molar refractivity (Wildman–Crippen MR) is 113 cm³/mol. The molecule has 0 aromatic heterocycles. The van der Waals surface area contributed by atoms with E-state index >= 15 is 0 Å². The van der Waals surface area contributed by atoms with Crippen molar-refractivity contribution >= 4 is 46.3 Å². The maximum Gasteiger partial charge on any atom is 0.266 e. The summed E-state index contributed by atoms with van der Waals surface area (Å²) in [6, 6.07) is 13.1. The van der Waals surface area contributed by atoms with Gasteiger partial charge in [0, 0.05) is 0 Å². The van der Waals surface area contributed by atoms with Crippen LogP contribution in [0.15, 0.2) is 53.4 Å². The van der Waals surface area contributed by atoms with Gasteiger partial charge in [0.1, 0.15) is 4.32 Å². The van der Waals surface area contributed by atoms with Gasteiger partial charge in [-0.15, -0.1) is 0 Å². The molecule has 0 bridgehead atoms. The Morgan fingerprint density at radius 2 is 1.86 bits per heavy atom. The number of ether oxygens (including phenoxy) is 2. The number of nitrogens with zero attached hydrogens (tertiary/aromatic N) is 1. The molecule has 3 rings (SSSR count). The van der Waals surface area contributed by atoms with E-state index in [1.165, 1.54) is 14.2 Å². The summed E-state index contributed by atoms with van der Waals surface area (Å²) >= 11 is 6.36. The fourth-order valence-electron chi connectivity index (χ4n) is 2.96. The number of hydrogen-bond donors (Lipinski definition) is 0. The van der Waals surface area contributed by atoms with Crippen molar-refractivity contribution in [2.24, 2.45) is 0 Å². The molecule has 2 aromatic rings. The third-order valence-electron chi connectivity index (χ3n) is 4.38. The maximum absolute atomic E-state index is 12.9. The lowest BCUT2D eigenvalue weighted by Crippen LogP contribution is -2.51. The van der Waals surface area contributed by atoms with E-state index < -0.39 is 17.9 Å². The molecule has 1 saturated heterocycles. The van der Waals surface area contributed by atoms with Crippen molar-refractivity contribution in [1.29, 1.82) is 0 Å². The highest BCUT2D eigenvalue weighted by molar-refractivity contribution is 8.26. The minimum atomic E-state index is -1.35. The van der Waals surface area contributed by atoms with Crippen LogP contribution in [-0.2, 0) is 16.0 Å². The summed E-state index contributed by atoms with van der Waals surface area (Å²) in [5.74, 6) is -0.720. The second-order valence-corrected chi connectivity index (χ2v) is 7.87. The summed E-state index contributed by atoms with van der Waals surface area (Å²) in [6.07, 6.45) is 1.76.